The molecule has 0 saturated heterocycles. The molecule has 0 aromatic heterocycles. The van der Waals surface area contributed by atoms with E-state index in [9.17, 15) is 19.0 Å². The van der Waals surface area contributed by atoms with Gasteiger partial charge in [-0.05, 0) is 109 Å². The van der Waals surface area contributed by atoms with Crippen molar-refractivity contribution in [2.24, 2.45) is 0 Å². The van der Waals surface area contributed by atoms with E-state index < -0.39 is 26.5 Å². The van der Waals surface area contributed by atoms with Crippen molar-refractivity contribution in [2.45, 2.75) is 290 Å². The first-order valence-corrected chi connectivity index (χ1v) is 35.7. The van der Waals surface area contributed by atoms with Crippen molar-refractivity contribution in [3.8, 4) is 0 Å². The molecule has 482 valence electrons. The number of carbonyl (C=O) groups is 2. The molecular weight excluding hydrogens is 1060 g/mol. The third-order valence-corrected chi connectivity index (χ3v) is 15.4. The summed E-state index contributed by atoms with van der Waals surface area (Å²) in [5.41, 5.74) is 0. The van der Waals surface area contributed by atoms with Crippen LogP contribution < -0.4 is 4.89 Å². The molecule has 9 nitrogen and oxygen atoms in total. The van der Waals surface area contributed by atoms with Crippen LogP contribution >= 0.6 is 7.82 Å². The van der Waals surface area contributed by atoms with E-state index in [-0.39, 0.29) is 32.0 Å². The molecule has 0 aliphatic heterocycles. The van der Waals surface area contributed by atoms with E-state index in [1.165, 1.54) is 141 Å². The number of phosphoric ester groups is 1. The second-order valence-electron chi connectivity index (χ2n) is 23.8. The number of carbonyl (C=O) groups excluding carboxylic acids is 2. The highest BCUT2D eigenvalue weighted by molar-refractivity contribution is 7.45. The van der Waals surface area contributed by atoms with Gasteiger partial charge in [0.2, 0.25) is 0 Å². The zero-order valence-electron chi connectivity index (χ0n) is 54.8. The van der Waals surface area contributed by atoms with Crippen molar-refractivity contribution in [3.05, 3.63) is 122 Å². The minimum Gasteiger partial charge on any atom is -0.756 e. The quantitative estimate of drug-likeness (QED) is 0.0195. The zero-order chi connectivity index (χ0) is 61.2. The Morgan fingerprint density at radius 1 is 0.381 bits per heavy atom. The van der Waals surface area contributed by atoms with Gasteiger partial charge in [-0.3, -0.25) is 14.2 Å². The first-order chi connectivity index (χ1) is 41.0. The Morgan fingerprint density at radius 3 is 1.01 bits per heavy atom. The summed E-state index contributed by atoms with van der Waals surface area (Å²) in [7, 11) is 1.16. The lowest BCUT2D eigenvalue weighted by Gasteiger charge is -2.28. The summed E-state index contributed by atoms with van der Waals surface area (Å²) in [6, 6.07) is 0. The number of likely N-dealkylation sites (N-methyl/N-ethyl adjacent to an activating group) is 1. The smallest absolute Gasteiger partial charge is 0.306 e. The van der Waals surface area contributed by atoms with E-state index in [1.807, 2.05) is 21.1 Å². The molecule has 0 aliphatic carbocycles. The van der Waals surface area contributed by atoms with Gasteiger partial charge in [-0.1, -0.05) is 283 Å². The number of phosphoric acid groups is 1. The van der Waals surface area contributed by atoms with Gasteiger partial charge in [0.15, 0.2) is 6.10 Å². The first kappa shape index (κ1) is 80.4. The number of nitrogens with zero attached hydrogens (tertiary/aromatic N) is 1. The van der Waals surface area contributed by atoms with Gasteiger partial charge in [0.1, 0.15) is 19.8 Å². The number of hydrogen-bond acceptors (Lipinski definition) is 8. The van der Waals surface area contributed by atoms with Crippen LogP contribution in [-0.4, -0.2) is 70.0 Å². The van der Waals surface area contributed by atoms with E-state index in [2.05, 4.69) is 135 Å². The Kier molecular flexibility index (Phi) is 61.2. The Hall–Kier alpha value is -3.59. The van der Waals surface area contributed by atoms with E-state index in [1.54, 1.807) is 0 Å². The van der Waals surface area contributed by atoms with Crippen molar-refractivity contribution in [1.82, 2.24) is 0 Å². The normalized spacial score (nSPS) is 13.9. The maximum Gasteiger partial charge on any atom is 0.306 e. The summed E-state index contributed by atoms with van der Waals surface area (Å²) >= 11 is 0. The summed E-state index contributed by atoms with van der Waals surface area (Å²) in [5.74, 6) is -0.840. The average molecular weight is 1190 g/mol. The van der Waals surface area contributed by atoms with E-state index in [0.29, 0.717) is 17.4 Å². The molecule has 0 aromatic rings. The summed E-state index contributed by atoms with van der Waals surface area (Å²) in [6.45, 7) is 4.12. The Bertz CT molecular complexity index is 1830. The van der Waals surface area contributed by atoms with Crippen LogP contribution in [0.2, 0.25) is 0 Å². The molecule has 10 heteroatoms. The van der Waals surface area contributed by atoms with Crippen molar-refractivity contribution in [1.29, 1.82) is 0 Å². The summed E-state index contributed by atoms with van der Waals surface area (Å²) in [6.07, 6.45) is 91.2. The van der Waals surface area contributed by atoms with Crippen LogP contribution in [-0.2, 0) is 32.7 Å². The molecule has 0 heterocycles. The third-order valence-electron chi connectivity index (χ3n) is 14.5. The van der Waals surface area contributed by atoms with Crippen molar-refractivity contribution in [2.75, 3.05) is 47.5 Å². The molecule has 0 N–H and O–H groups in total. The minimum atomic E-state index is -4.65. The van der Waals surface area contributed by atoms with Gasteiger partial charge in [-0.15, -0.1) is 0 Å². The predicted molar refractivity (Wildman–Crippen MR) is 360 cm³/mol. The van der Waals surface area contributed by atoms with Gasteiger partial charge < -0.3 is 27.9 Å². The summed E-state index contributed by atoms with van der Waals surface area (Å²) in [4.78, 5) is 38.0. The second-order valence-corrected chi connectivity index (χ2v) is 25.2. The zero-order valence-corrected chi connectivity index (χ0v) is 55.7. The fourth-order valence-electron chi connectivity index (χ4n) is 9.23. The van der Waals surface area contributed by atoms with Gasteiger partial charge in [0, 0.05) is 12.8 Å². The van der Waals surface area contributed by atoms with Gasteiger partial charge in [0.05, 0.1) is 27.7 Å². The molecule has 0 aromatic carbocycles. The maximum absolute atomic E-state index is 12.9. The van der Waals surface area contributed by atoms with Crippen LogP contribution in [0.5, 0.6) is 0 Å². The minimum absolute atomic E-state index is 0.0364. The van der Waals surface area contributed by atoms with E-state index in [0.717, 1.165) is 109 Å². The molecule has 84 heavy (non-hydrogen) atoms. The molecule has 0 aliphatic rings. The lowest BCUT2D eigenvalue weighted by Crippen LogP contribution is -2.37. The van der Waals surface area contributed by atoms with Gasteiger partial charge in [-0.2, -0.15) is 0 Å². The Labute approximate surface area is 518 Å². The van der Waals surface area contributed by atoms with Gasteiger partial charge in [0.25, 0.3) is 7.82 Å². The van der Waals surface area contributed by atoms with Gasteiger partial charge in [-0.25, -0.2) is 0 Å². The first-order valence-electron chi connectivity index (χ1n) is 34.2. The van der Waals surface area contributed by atoms with Crippen LogP contribution in [0.25, 0.3) is 0 Å². The SMILES string of the molecule is CC/C=C\C/C=C\C/C=C\C/C=C\C/C=C\C/C=C\C/C=C\CCCCCCCCCCCCCCCCCC(=O)OC(COC(=O)CCCCCCCCCC/C=C\C/C=C\C/C=C\CCCCCCC)COP(=O)([O-])OCC[N+](C)(C)C. The number of rotatable bonds is 62. The summed E-state index contributed by atoms with van der Waals surface area (Å²) in [5, 5.41) is 0. The highest BCUT2D eigenvalue weighted by atomic mass is 31.2. The fourth-order valence-corrected chi connectivity index (χ4v) is 9.96. The van der Waals surface area contributed by atoms with Crippen LogP contribution in [0.3, 0.4) is 0 Å². The van der Waals surface area contributed by atoms with E-state index >= 15 is 0 Å². The molecule has 2 unspecified atom stereocenters. The second kappa shape index (κ2) is 63.9. The van der Waals surface area contributed by atoms with E-state index in [4.69, 9.17) is 18.5 Å². The van der Waals surface area contributed by atoms with Crippen LogP contribution in [0.1, 0.15) is 284 Å². The third kappa shape index (κ3) is 67.5. The molecule has 2 atom stereocenters. The molecule has 0 bridgehead atoms. The van der Waals surface area contributed by atoms with Crippen LogP contribution in [0.4, 0.5) is 0 Å². The molecule has 0 spiro atoms. The highest BCUT2D eigenvalue weighted by Crippen LogP contribution is 2.38. The molecule has 0 fully saturated rings. The number of hydrogen-bond donors (Lipinski definition) is 0. The topological polar surface area (TPSA) is 111 Å². The molecule has 0 rings (SSSR count). The van der Waals surface area contributed by atoms with Crippen molar-refractivity contribution < 1.29 is 42.1 Å². The number of unbranched alkanes of at least 4 members (excludes halogenated alkanes) is 28. The van der Waals surface area contributed by atoms with Crippen molar-refractivity contribution in [3.63, 3.8) is 0 Å². The van der Waals surface area contributed by atoms with Crippen molar-refractivity contribution >= 4 is 19.8 Å². The largest absolute Gasteiger partial charge is 0.756 e. The molecule has 0 radical (unpaired) electrons. The highest BCUT2D eigenvalue weighted by Gasteiger charge is 2.22. The lowest BCUT2D eigenvalue weighted by molar-refractivity contribution is -0.870. The van der Waals surface area contributed by atoms with Crippen LogP contribution in [0.15, 0.2) is 122 Å². The average Bonchev–Trinajstić information content (AvgIpc) is 3.61. The number of esters is 2. The number of allylic oxidation sites excluding steroid dienone is 20. The molecule has 0 saturated carbocycles. The fraction of sp³-hybridized carbons (Fsp3) is 0.703. The summed E-state index contributed by atoms with van der Waals surface area (Å²) < 4.78 is 34.3. The number of quaternary nitrogens is 1. The monoisotopic (exact) mass is 1190 g/mol. The number of ether oxygens (including phenoxy) is 2. The van der Waals surface area contributed by atoms with Gasteiger partial charge >= 0.3 is 11.9 Å². The molecule has 0 amide bonds. The van der Waals surface area contributed by atoms with Crippen LogP contribution in [0, 0.1) is 0 Å². The Balaban J connectivity index is 4.07. The molecular formula is C74H128NO8P. The maximum atomic E-state index is 12.9. The standard InChI is InChI=1S/C74H128NO8P/c1-6-8-10-12-14-16-18-20-22-24-26-28-30-31-32-33-34-35-36-37-38-39-40-41-42-43-45-47-49-51-53-55-57-59-61-63-65-67-74(77)83-72(71-82-84(78,79)81-69-68-75(3,4)5)70-80-73(76)66-64-62-60-58-56-54-52-50-48-46-44-29-27-25-23-21-19-17-15-13-11-9-7-2/h8,10,14,16,19-22,25-28,31-32,34-35,37-38,44,46,72H,6-7,9,11-13,15,17-18,23-24,29-30,33,36,39-43,45,47-71H2,1-5H3/b10-8-,16-14-,21-19-,22-20-,27-25-,28-26-,32-31-,35-34-,38-37-,46-44-. The lowest BCUT2D eigenvalue weighted by atomic mass is 10.0. The Morgan fingerprint density at radius 2 is 0.679 bits per heavy atom. The predicted octanol–water partition coefficient (Wildman–Crippen LogP) is 21.6.